The number of anilines is 1. The summed E-state index contributed by atoms with van der Waals surface area (Å²) in [5.41, 5.74) is 2.70. The fourth-order valence-electron chi connectivity index (χ4n) is 4.30. The molecule has 1 N–H and O–H groups in total. The summed E-state index contributed by atoms with van der Waals surface area (Å²) in [6.45, 7) is 2.11. The molecule has 0 radical (unpaired) electrons. The molecule has 0 atom stereocenters. The Bertz CT molecular complexity index is 1370. The minimum atomic E-state index is -0.473. The summed E-state index contributed by atoms with van der Waals surface area (Å²) < 4.78 is 6.14. The van der Waals surface area contributed by atoms with Gasteiger partial charge in [-0.2, -0.15) is 0 Å². The van der Waals surface area contributed by atoms with Crippen LogP contribution in [-0.4, -0.2) is 16.6 Å². The van der Waals surface area contributed by atoms with Gasteiger partial charge in [-0.15, -0.1) is 11.8 Å². The van der Waals surface area contributed by atoms with Crippen molar-refractivity contribution in [1.82, 2.24) is 4.98 Å². The zero-order valence-electron chi connectivity index (χ0n) is 19.5. The van der Waals surface area contributed by atoms with Crippen LogP contribution in [0.15, 0.2) is 76.2 Å². The number of oxazole rings is 1. The van der Waals surface area contributed by atoms with Gasteiger partial charge in [0.25, 0.3) is 0 Å². The molecule has 3 aromatic carbocycles. The maximum absolute atomic E-state index is 12.7. The average Bonchev–Trinajstić information content (AvgIpc) is 3.47. The summed E-state index contributed by atoms with van der Waals surface area (Å²) in [6, 6.07) is 18.9. The summed E-state index contributed by atoms with van der Waals surface area (Å²) >= 11 is 21.2. The monoisotopic (exact) mass is 556 g/mol. The highest BCUT2D eigenvalue weighted by molar-refractivity contribution is 7.99. The maximum Gasteiger partial charge on any atom is 0.228 e. The Labute approximate surface area is 229 Å². The molecule has 0 saturated heterocycles. The highest BCUT2D eigenvalue weighted by Crippen LogP contribution is 2.57. The third-order valence-corrected chi connectivity index (χ3v) is 7.94. The Kier molecular flexibility index (Phi) is 7.36. The van der Waals surface area contributed by atoms with Crippen molar-refractivity contribution in [3.8, 4) is 11.3 Å². The van der Waals surface area contributed by atoms with Crippen LogP contribution < -0.4 is 5.32 Å². The molecule has 0 bridgehead atoms. The predicted molar refractivity (Wildman–Crippen MR) is 149 cm³/mol. The first-order valence-electron chi connectivity index (χ1n) is 11.6. The first-order chi connectivity index (χ1) is 17.4. The van der Waals surface area contributed by atoms with Crippen LogP contribution in [0.2, 0.25) is 15.1 Å². The first-order valence-corrected chi connectivity index (χ1v) is 13.7. The van der Waals surface area contributed by atoms with Gasteiger partial charge >= 0.3 is 0 Å². The van der Waals surface area contributed by atoms with E-state index in [9.17, 15) is 4.79 Å². The molecule has 184 valence electrons. The van der Waals surface area contributed by atoms with Gasteiger partial charge in [-0.1, -0.05) is 53.9 Å². The quantitative estimate of drug-likeness (QED) is 0.220. The van der Waals surface area contributed by atoms with E-state index in [4.69, 9.17) is 39.2 Å². The van der Waals surface area contributed by atoms with Gasteiger partial charge in [0.15, 0.2) is 5.76 Å². The highest BCUT2D eigenvalue weighted by Gasteiger charge is 2.52. The molecule has 1 heterocycles. The van der Waals surface area contributed by atoms with E-state index in [1.165, 1.54) is 4.90 Å². The molecular formula is C28H23Cl3N2O2S. The normalized spacial score (nSPS) is 14.0. The summed E-state index contributed by atoms with van der Waals surface area (Å²) in [7, 11) is 0. The largest absolute Gasteiger partial charge is 0.440 e. The van der Waals surface area contributed by atoms with E-state index in [-0.39, 0.29) is 12.3 Å². The Hall–Kier alpha value is -2.44. The van der Waals surface area contributed by atoms with Gasteiger partial charge in [0.05, 0.1) is 18.0 Å². The first kappa shape index (κ1) is 25.2. The number of carbonyl (C=O) groups is 1. The number of rotatable bonds is 8. The van der Waals surface area contributed by atoms with Crippen molar-refractivity contribution in [2.24, 2.45) is 0 Å². The summed E-state index contributed by atoms with van der Waals surface area (Å²) in [5, 5.41) is 4.53. The molecule has 5 rings (SSSR count). The minimum absolute atomic E-state index is 0.132. The van der Waals surface area contributed by atoms with Crippen molar-refractivity contribution in [2.75, 3.05) is 11.1 Å². The number of thioether (sulfide) groups is 1. The van der Waals surface area contributed by atoms with Crippen LogP contribution in [0.25, 0.3) is 11.3 Å². The molecule has 1 aliphatic rings. The van der Waals surface area contributed by atoms with Crippen LogP contribution >= 0.6 is 46.6 Å². The Morgan fingerprint density at radius 3 is 2.31 bits per heavy atom. The van der Waals surface area contributed by atoms with Crippen molar-refractivity contribution >= 4 is 58.2 Å². The molecule has 4 aromatic rings. The van der Waals surface area contributed by atoms with E-state index >= 15 is 0 Å². The van der Waals surface area contributed by atoms with E-state index in [1.54, 1.807) is 30.1 Å². The van der Waals surface area contributed by atoms with Gasteiger partial charge in [-0.25, -0.2) is 4.98 Å². The van der Waals surface area contributed by atoms with Crippen LogP contribution in [0, 0.1) is 0 Å². The van der Waals surface area contributed by atoms with Gasteiger partial charge in [-0.3, -0.25) is 4.79 Å². The molecule has 0 spiro atoms. The number of amides is 1. The standard InChI is InChI=1S/C28H23Cl3N2O2S/c1-2-36-21-9-3-17(4-10-21)13-25(34)33-20-14-22(30)26(23(31)15-20)28(11-12-28)27-32-16-24(35-27)18-5-7-19(29)8-6-18/h3-10,14-16H,2,11-13H2,1H3,(H,33,34). The van der Waals surface area contributed by atoms with Crippen molar-refractivity contribution in [1.29, 1.82) is 0 Å². The molecular weight excluding hydrogens is 535 g/mol. The number of carbonyl (C=O) groups excluding carboxylic acids is 1. The van der Waals surface area contributed by atoms with E-state index in [1.807, 2.05) is 48.5 Å². The van der Waals surface area contributed by atoms with Crippen molar-refractivity contribution in [3.63, 3.8) is 0 Å². The third kappa shape index (κ3) is 5.30. The topological polar surface area (TPSA) is 55.1 Å². The third-order valence-electron chi connectivity index (χ3n) is 6.20. The van der Waals surface area contributed by atoms with E-state index in [0.29, 0.717) is 32.4 Å². The molecule has 0 unspecified atom stereocenters. The molecule has 1 aliphatic carbocycles. The lowest BCUT2D eigenvalue weighted by molar-refractivity contribution is -0.115. The number of benzene rings is 3. The smallest absolute Gasteiger partial charge is 0.228 e. The summed E-state index contributed by atoms with van der Waals surface area (Å²) in [4.78, 5) is 18.4. The van der Waals surface area contributed by atoms with E-state index in [2.05, 4.69) is 17.2 Å². The number of halogens is 3. The van der Waals surface area contributed by atoms with Crippen LogP contribution in [0.1, 0.15) is 36.8 Å². The van der Waals surface area contributed by atoms with Gasteiger partial charge < -0.3 is 9.73 Å². The molecule has 36 heavy (non-hydrogen) atoms. The van der Waals surface area contributed by atoms with Gasteiger partial charge in [0, 0.05) is 36.8 Å². The molecule has 8 heteroatoms. The van der Waals surface area contributed by atoms with Gasteiger partial charge in [0.1, 0.15) is 0 Å². The summed E-state index contributed by atoms with van der Waals surface area (Å²) in [6.07, 6.45) is 3.63. The second-order valence-corrected chi connectivity index (χ2v) is 11.3. The second kappa shape index (κ2) is 10.5. The fraction of sp³-hybridized carbons (Fsp3) is 0.214. The Balaban J connectivity index is 1.32. The van der Waals surface area contributed by atoms with Gasteiger partial charge in [0.2, 0.25) is 11.8 Å². The Morgan fingerprint density at radius 2 is 1.69 bits per heavy atom. The van der Waals surface area contributed by atoms with Crippen molar-refractivity contribution < 1.29 is 9.21 Å². The van der Waals surface area contributed by atoms with Crippen LogP contribution in [0.3, 0.4) is 0 Å². The molecule has 1 fully saturated rings. The molecule has 0 aliphatic heterocycles. The maximum atomic E-state index is 12.7. The van der Waals surface area contributed by atoms with Gasteiger partial charge in [-0.05, 0) is 72.7 Å². The molecule has 4 nitrogen and oxygen atoms in total. The predicted octanol–water partition coefficient (Wildman–Crippen LogP) is 8.67. The van der Waals surface area contributed by atoms with Crippen molar-refractivity contribution in [2.45, 2.75) is 36.5 Å². The highest BCUT2D eigenvalue weighted by atomic mass is 35.5. The number of nitrogens with zero attached hydrogens (tertiary/aromatic N) is 1. The number of nitrogens with one attached hydrogen (secondary N) is 1. The van der Waals surface area contributed by atoms with E-state index < -0.39 is 5.41 Å². The minimum Gasteiger partial charge on any atom is -0.440 e. The molecule has 1 saturated carbocycles. The van der Waals surface area contributed by atoms with Crippen LogP contribution in [-0.2, 0) is 16.6 Å². The zero-order chi connectivity index (χ0) is 25.3. The number of aromatic nitrogens is 1. The average molecular weight is 558 g/mol. The SMILES string of the molecule is CCSc1ccc(CC(=O)Nc2cc(Cl)c(C3(c4ncc(-c5ccc(Cl)cc5)o4)CC3)c(Cl)c2)cc1. The lowest BCUT2D eigenvalue weighted by Gasteiger charge is -2.17. The zero-order valence-corrected chi connectivity index (χ0v) is 22.6. The second-order valence-electron chi connectivity index (χ2n) is 8.74. The molecule has 1 aromatic heterocycles. The fourth-order valence-corrected chi connectivity index (χ4v) is 5.94. The van der Waals surface area contributed by atoms with Crippen LogP contribution in [0.4, 0.5) is 5.69 Å². The number of hydrogen-bond donors (Lipinski definition) is 1. The lowest BCUT2D eigenvalue weighted by Crippen LogP contribution is -2.15. The lowest BCUT2D eigenvalue weighted by atomic mass is 9.95. The molecule has 1 amide bonds. The van der Waals surface area contributed by atoms with Crippen LogP contribution in [0.5, 0.6) is 0 Å². The Morgan fingerprint density at radius 1 is 1.03 bits per heavy atom. The number of hydrogen-bond acceptors (Lipinski definition) is 4. The van der Waals surface area contributed by atoms with E-state index in [0.717, 1.165) is 35.3 Å². The van der Waals surface area contributed by atoms with Crippen molar-refractivity contribution in [3.05, 3.63) is 98.9 Å². The summed E-state index contributed by atoms with van der Waals surface area (Å²) in [5.74, 6) is 2.12.